The lowest BCUT2D eigenvalue weighted by atomic mass is 10.2. The average molecular weight is 257 g/mol. The van der Waals surface area contributed by atoms with Crippen molar-refractivity contribution < 1.29 is 13.2 Å². The highest BCUT2D eigenvalue weighted by Crippen LogP contribution is 2.32. The highest BCUT2D eigenvalue weighted by Gasteiger charge is 2.35. The molecular formula is C7H8BrF3N2. The fourth-order valence-electron chi connectivity index (χ4n) is 0.920. The summed E-state index contributed by atoms with van der Waals surface area (Å²) in [6.07, 6.45) is -2.89. The Hall–Kier alpha value is -0.490. The lowest BCUT2D eigenvalue weighted by Crippen LogP contribution is -2.39. The molecule has 0 aromatic heterocycles. The van der Waals surface area contributed by atoms with Gasteiger partial charge in [-0.05, 0) is 6.08 Å². The lowest BCUT2D eigenvalue weighted by Gasteiger charge is -2.28. The Bertz CT molecular complexity index is 269. The lowest BCUT2D eigenvalue weighted by molar-refractivity contribution is -0.0897. The minimum atomic E-state index is -4.33. The van der Waals surface area contributed by atoms with Crippen LogP contribution in [0, 0.1) is 0 Å². The van der Waals surface area contributed by atoms with Crippen LogP contribution in [-0.4, -0.2) is 24.3 Å². The van der Waals surface area contributed by atoms with E-state index in [1.807, 2.05) is 0 Å². The molecule has 0 aliphatic carbocycles. The Morgan fingerprint density at radius 2 is 2.08 bits per heavy atom. The van der Waals surface area contributed by atoms with Crippen LogP contribution in [0.4, 0.5) is 13.2 Å². The largest absolute Gasteiger partial charge is 0.417 e. The van der Waals surface area contributed by atoms with E-state index >= 15 is 0 Å². The average Bonchev–Trinajstić information content (AvgIpc) is 1.97. The van der Waals surface area contributed by atoms with E-state index in [-0.39, 0.29) is 0 Å². The van der Waals surface area contributed by atoms with Gasteiger partial charge in [0.05, 0.1) is 5.57 Å². The van der Waals surface area contributed by atoms with Gasteiger partial charge in [0.15, 0.2) is 0 Å². The van der Waals surface area contributed by atoms with Crippen LogP contribution in [-0.2, 0) is 0 Å². The molecule has 1 heterocycles. The molecule has 0 saturated heterocycles. The molecule has 1 unspecified atom stereocenters. The van der Waals surface area contributed by atoms with Gasteiger partial charge in [0.25, 0.3) is 0 Å². The number of halogens is 4. The number of alkyl halides is 3. The maximum atomic E-state index is 12.2. The summed E-state index contributed by atoms with van der Waals surface area (Å²) >= 11 is 2.98. The number of rotatable bonds is 0. The first-order valence-electron chi connectivity index (χ1n) is 3.46. The number of nitrogens with zero attached hydrogens (tertiary/aromatic N) is 1. The first-order chi connectivity index (χ1) is 5.82. The molecule has 0 radical (unpaired) electrons. The second kappa shape index (κ2) is 3.34. The number of hydrogen-bond donors (Lipinski definition) is 1. The predicted molar refractivity (Wildman–Crippen MR) is 46.9 cm³/mol. The molecule has 13 heavy (non-hydrogen) atoms. The Labute approximate surface area is 82.0 Å². The van der Waals surface area contributed by atoms with Crippen molar-refractivity contribution in [2.24, 2.45) is 5.73 Å². The topological polar surface area (TPSA) is 29.3 Å². The first-order valence-corrected chi connectivity index (χ1v) is 4.25. The number of nitrogens with two attached hydrogens (primary N) is 1. The molecule has 0 amide bonds. The van der Waals surface area contributed by atoms with Crippen LogP contribution in [0.3, 0.4) is 0 Å². The summed E-state index contributed by atoms with van der Waals surface area (Å²) in [5.74, 6) is 0. The van der Waals surface area contributed by atoms with Gasteiger partial charge in [-0.15, -0.1) is 0 Å². The number of hydrogen-bond acceptors (Lipinski definition) is 2. The third-order valence-corrected chi connectivity index (χ3v) is 2.38. The highest BCUT2D eigenvalue weighted by atomic mass is 79.9. The van der Waals surface area contributed by atoms with Crippen LogP contribution in [0.15, 0.2) is 22.3 Å². The Morgan fingerprint density at radius 3 is 2.46 bits per heavy atom. The smallest absolute Gasteiger partial charge is 0.360 e. The maximum absolute atomic E-state index is 12.2. The van der Waals surface area contributed by atoms with Gasteiger partial charge in [-0.25, -0.2) is 0 Å². The highest BCUT2D eigenvalue weighted by molar-refractivity contribution is 9.11. The monoisotopic (exact) mass is 256 g/mol. The van der Waals surface area contributed by atoms with E-state index in [1.165, 1.54) is 11.9 Å². The van der Waals surface area contributed by atoms with Crippen molar-refractivity contribution in [1.29, 1.82) is 0 Å². The molecule has 1 aliphatic rings. The molecule has 0 spiro atoms. The molecule has 6 heteroatoms. The molecular weight excluding hydrogens is 249 g/mol. The van der Waals surface area contributed by atoms with Crippen LogP contribution in [0.2, 0.25) is 0 Å². The zero-order valence-corrected chi connectivity index (χ0v) is 8.35. The molecule has 0 saturated carbocycles. The van der Waals surface area contributed by atoms with Crippen LogP contribution >= 0.6 is 15.9 Å². The van der Waals surface area contributed by atoms with Crippen molar-refractivity contribution in [3.05, 3.63) is 22.3 Å². The van der Waals surface area contributed by atoms with Crippen LogP contribution in [0.25, 0.3) is 0 Å². The summed E-state index contributed by atoms with van der Waals surface area (Å²) in [7, 11) is 1.49. The minimum Gasteiger partial charge on any atom is -0.360 e. The molecule has 0 aromatic rings. The van der Waals surface area contributed by atoms with Crippen molar-refractivity contribution in [3.63, 3.8) is 0 Å². The van der Waals surface area contributed by atoms with E-state index < -0.39 is 17.9 Å². The van der Waals surface area contributed by atoms with Crippen molar-refractivity contribution in [3.8, 4) is 0 Å². The molecule has 74 valence electrons. The molecule has 0 bridgehead atoms. The zero-order chi connectivity index (χ0) is 10.2. The van der Waals surface area contributed by atoms with Crippen molar-refractivity contribution >= 4 is 15.9 Å². The first kappa shape index (κ1) is 10.6. The molecule has 2 nitrogen and oxygen atoms in total. The molecule has 1 rings (SSSR count). The maximum Gasteiger partial charge on any atom is 0.417 e. The SMILES string of the molecule is CN1C=C(C(F)(F)F)C=C(Br)C1N. The number of allylic oxidation sites excluding steroid dienone is 2. The molecule has 0 fully saturated rings. The summed E-state index contributed by atoms with van der Waals surface area (Å²) in [6, 6.07) is 0. The van der Waals surface area contributed by atoms with Gasteiger partial charge in [-0.3, -0.25) is 0 Å². The van der Waals surface area contributed by atoms with Crippen molar-refractivity contribution in [2.75, 3.05) is 7.05 Å². The number of likely N-dealkylation sites (N-methyl/N-ethyl adjacent to an activating group) is 1. The molecule has 1 atom stereocenters. The van der Waals surface area contributed by atoms with Gasteiger partial charge in [-0.2, -0.15) is 13.2 Å². The Morgan fingerprint density at radius 1 is 1.54 bits per heavy atom. The molecule has 1 aliphatic heterocycles. The summed E-state index contributed by atoms with van der Waals surface area (Å²) in [4.78, 5) is 1.30. The van der Waals surface area contributed by atoms with E-state index in [1.54, 1.807) is 0 Å². The van der Waals surface area contributed by atoms with Crippen LogP contribution in [0.5, 0.6) is 0 Å². The Kier molecular flexibility index (Phi) is 2.72. The van der Waals surface area contributed by atoms with E-state index in [9.17, 15) is 13.2 Å². The second-order valence-electron chi connectivity index (χ2n) is 2.72. The molecule has 0 aromatic carbocycles. The summed E-state index contributed by atoms with van der Waals surface area (Å²) < 4.78 is 37.0. The van der Waals surface area contributed by atoms with Crippen LogP contribution < -0.4 is 5.73 Å². The summed E-state index contributed by atoms with van der Waals surface area (Å²) in [5, 5.41) is 0. The van der Waals surface area contributed by atoms with Gasteiger partial charge in [0.1, 0.15) is 6.17 Å². The van der Waals surface area contributed by atoms with Gasteiger partial charge in [-0.1, -0.05) is 15.9 Å². The van der Waals surface area contributed by atoms with E-state index in [4.69, 9.17) is 5.73 Å². The van der Waals surface area contributed by atoms with E-state index in [0.29, 0.717) is 4.48 Å². The fraction of sp³-hybridized carbons (Fsp3) is 0.429. The standard InChI is InChI=1S/C7H8BrF3N2/c1-13-3-4(7(9,10)11)2-5(8)6(13)12/h2-3,6H,12H2,1H3. The second-order valence-corrected chi connectivity index (χ2v) is 3.64. The third-order valence-electron chi connectivity index (χ3n) is 1.68. The van der Waals surface area contributed by atoms with Gasteiger partial charge < -0.3 is 10.6 Å². The third kappa shape index (κ3) is 2.25. The van der Waals surface area contributed by atoms with E-state index in [2.05, 4.69) is 15.9 Å². The van der Waals surface area contributed by atoms with Crippen molar-refractivity contribution in [2.45, 2.75) is 12.3 Å². The van der Waals surface area contributed by atoms with Crippen molar-refractivity contribution in [1.82, 2.24) is 4.90 Å². The Balaban J connectivity index is 2.98. The van der Waals surface area contributed by atoms with Gasteiger partial charge in [0, 0.05) is 17.7 Å². The van der Waals surface area contributed by atoms with Gasteiger partial charge in [0.2, 0.25) is 0 Å². The normalized spacial score (nSPS) is 24.2. The van der Waals surface area contributed by atoms with Gasteiger partial charge >= 0.3 is 6.18 Å². The summed E-state index contributed by atoms with van der Waals surface area (Å²) in [5.41, 5.74) is 4.82. The quantitative estimate of drug-likeness (QED) is 0.718. The van der Waals surface area contributed by atoms with Crippen LogP contribution in [0.1, 0.15) is 0 Å². The molecule has 2 N–H and O–H groups in total. The predicted octanol–water partition coefficient (Wildman–Crippen LogP) is 1.94. The minimum absolute atomic E-state index is 0.324. The fourth-order valence-corrected chi connectivity index (χ4v) is 1.49. The zero-order valence-electron chi connectivity index (χ0n) is 6.77. The summed E-state index contributed by atoms with van der Waals surface area (Å²) in [6.45, 7) is 0. The van der Waals surface area contributed by atoms with E-state index in [0.717, 1.165) is 12.3 Å².